The highest BCUT2D eigenvalue weighted by atomic mass is 32.2. The topological polar surface area (TPSA) is 102 Å². The molecule has 3 aromatic rings. The molecule has 1 N–H and O–H groups in total. The molecule has 164 valence electrons. The van der Waals surface area contributed by atoms with Crippen LogP contribution in [0.2, 0.25) is 0 Å². The number of benzene rings is 2. The number of ether oxygens (including phenoxy) is 1. The van der Waals surface area contributed by atoms with Gasteiger partial charge in [-0.2, -0.15) is 0 Å². The summed E-state index contributed by atoms with van der Waals surface area (Å²) in [5, 5.41) is 3.89. The lowest BCUT2D eigenvalue weighted by Crippen LogP contribution is -2.26. The zero-order chi connectivity index (χ0) is 22.6. The fourth-order valence-electron chi connectivity index (χ4n) is 3.03. The summed E-state index contributed by atoms with van der Waals surface area (Å²) in [6.07, 6.45) is 0. The Kier molecular flexibility index (Phi) is 6.65. The summed E-state index contributed by atoms with van der Waals surface area (Å²) >= 11 is 0. The predicted octanol–water partition coefficient (Wildman–Crippen LogP) is 3.76. The number of nitrogens with one attached hydrogen (secondary N) is 1. The SMILES string of the molecule is CCOc1ccc(NS(=O)(=O)c2ccc(C(=O)N(C)Cc3c(C)noc3C)cc2)cc1. The van der Waals surface area contributed by atoms with Crippen LogP contribution in [0.15, 0.2) is 57.9 Å². The molecule has 1 aromatic heterocycles. The van der Waals surface area contributed by atoms with Crippen molar-refractivity contribution >= 4 is 21.6 Å². The van der Waals surface area contributed by atoms with Gasteiger partial charge in [-0.05, 0) is 69.3 Å². The number of anilines is 1. The average molecular weight is 444 g/mol. The number of carbonyl (C=O) groups is 1. The quantitative estimate of drug-likeness (QED) is 0.569. The molecule has 8 nitrogen and oxygen atoms in total. The van der Waals surface area contributed by atoms with Crippen LogP contribution in [0.25, 0.3) is 0 Å². The van der Waals surface area contributed by atoms with Gasteiger partial charge in [-0.1, -0.05) is 5.16 Å². The molecule has 1 heterocycles. The van der Waals surface area contributed by atoms with Gasteiger partial charge in [0.25, 0.3) is 15.9 Å². The van der Waals surface area contributed by atoms with Crippen LogP contribution < -0.4 is 9.46 Å². The number of aromatic nitrogens is 1. The highest BCUT2D eigenvalue weighted by Crippen LogP contribution is 2.21. The van der Waals surface area contributed by atoms with Crippen molar-refractivity contribution in [3.8, 4) is 5.75 Å². The molecule has 1 amide bonds. The van der Waals surface area contributed by atoms with Crippen molar-refractivity contribution in [1.29, 1.82) is 0 Å². The summed E-state index contributed by atoms with van der Waals surface area (Å²) < 4.78 is 38.3. The van der Waals surface area contributed by atoms with Crippen LogP contribution in [0.4, 0.5) is 5.69 Å². The van der Waals surface area contributed by atoms with Crippen molar-refractivity contribution < 1.29 is 22.5 Å². The van der Waals surface area contributed by atoms with E-state index in [4.69, 9.17) is 9.26 Å². The molecular weight excluding hydrogens is 418 g/mol. The van der Waals surface area contributed by atoms with E-state index in [-0.39, 0.29) is 10.8 Å². The first-order chi connectivity index (χ1) is 14.7. The molecule has 0 atom stereocenters. The molecule has 0 spiro atoms. The molecule has 9 heteroatoms. The first-order valence-corrected chi connectivity index (χ1v) is 11.2. The van der Waals surface area contributed by atoms with E-state index in [0.29, 0.717) is 35.9 Å². The molecule has 31 heavy (non-hydrogen) atoms. The van der Waals surface area contributed by atoms with Gasteiger partial charge in [-0.15, -0.1) is 0 Å². The second-order valence-electron chi connectivity index (χ2n) is 7.05. The fraction of sp³-hybridized carbons (Fsp3) is 0.273. The van der Waals surface area contributed by atoms with E-state index in [9.17, 15) is 13.2 Å². The monoisotopic (exact) mass is 443 g/mol. The number of carbonyl (C=O) groups excluding carboxylic acids is 1. The lowest BCUT2D eigenvalue weighted by Gasteiger charge is -2.17. The van der Waals surface area contributed by atoms with Gasteiger partial charge in [0, 0.05) is 23.9 Å². The smallest absolute Gasteiger partial charge is 0.261 e. The number of amides is 1. The van der Waals surface area contributed by atoms with Crippen molar-refractivity contribution in [3.63, 3.8) is 0 Å². The van der Waals surface area contributed by atoms with Gasteiger partial charge < -0.3 is 14.2 Å². The molecule has 0 aliphatic carbocycles. The van der Waals surface area contributed by atoms with E-state index >= 15 is 0 Å². The van der Waals surface area contributed by atoms with Crippen LogP contribution in [0.3, 0.4) is 0 Å². The molecule has 0 saturated carbocycles. The standard InChI is InChI=1S/C22H25N3O5S/c1-5-29-19-10-8-18(9-11-19)24-31(27,28)20-12-6-17(7-13-20)22(26)25(4)14-21-15(2)23-30-16(21)3/h6-13,24H,5,14H2,1-4H3. The Labute approximate surface area is 181 Å². The van der Waals surface area contributed by atoms with Crippen LogP contribution >= 0.6 is 0 Å². The van der Waals surface area contributed by atoms with Crippen molar-refractivity contribution in [2.45, 2.75) is 32.2 Å². The number of sulfonamides is 1. The third-order valence-electron chi connectivity index (χ3n) is 4.75. The summed E-state index contributed by atoms with van der Waals surface area (Å²) in [6.45, 7) is 6.37. The highest BCUT2D eigenvalue weighted by Gasteiger charge is 2.19. The first kappa shape index (κ1) is 22.4. The molecule has 0 bridgehead atoms. The second-order valence-corrected chi connectivity index (χ2v) is 8.73. The van der Waals surface area contributed by atoms with E-state index in [0.717, 1.165) is 11.3 Å². The highest BCUT2D eigenvalue weighted by molar-refractivity contribution is 7.92. The Morgan fingerprint density at radius 1 is 1.10 bits per heavy atom. The Morgan fingerprint density at radius 3 is 2.29 bits per heavy atom. The van der Waals surface area contributed by atoms with E-state index in [1.165, 1.54) is 29.2 Å². The van der Waals surface area contributed by atoms with Crippen LogP contribution in [0.5, 0.6) is 5.75 Å². The number of aryl methyl sites for hydroxylation is 2. The number of hydrogen-bond donors (Lipinski definition) is 1. The molecule has 3 rings (SSSR count). The first-order valence-electron chi connectivity index (χ1n) is 9.74. The lowest BCUT2D eigenvalue weighted by molar-refractivity contribution is 0.0784. The Morgan fingerprint density at radius 2 is 1.74 bits per heavy atom. The number of hydrogen-bond acceptors (Lipinski definition) is 6. The van der Waals surface area contributed by atoms with Gasteiger partial charge in [0.05, 0.1) is 23.7 Å². The largest absolute Gasteiger partial charge is 0.494 e. The minimum Gasteiger partial charge on any atom is -0.494 e. The zero-order valence-corrected chi connectivity index (χ0v) is 18.7. The summed E-state index contributed by atoms with van der Waals surface area (Å²) in [6, 6.07) is 12.5. The molecule has 0 aliphatic heterocycles. The van der Waals surface area contributed by atoms with Crippen molar-refractivity contribution in [1.82, 2.24) is 10.1 Å². The van der Waals surface area contributed by atoms with Crippen LogP contribution in [-0.4, -0.2) is 38.0 Å². The Balaban J connectivity index is 1.70. The second kappa shape index (κ2) is 9.22. The average Bonchev–Trinajstić information content (AvgIpc) is 3.06. The normalized spacial score (nSPS) is 11.2. The van der Waals surface area contributed by atoms with E-state index < -0.39 is 10.0 Å². The van der Waals surface area contributed by atoms with Gasteiger partial charge in [0.1, 0.15) is 11.5 Å². The molecule has 0 radical (unpaired) electrons. The number of nitrogens with zero attached hydrogens (tertiary/aromatic N) is 2. The fourth-order valence-corrected chi connectivity index (χ4v) is 4.09. The summed E-state index contributed by atoms with van der Waals surface area (Å²) in [4.78, 5) is 14.3. The molecule has 0 unspecified atom stereocenters. The Hall–Kier alpha value is -3.33. The molecule has 0 fully saturated rings. The van der Waals surface area contributed by atoms with E-state index in [1.807, 2.05) is 13.8 Å². The minimum atomic E-state index is -3.79. The summed E-state index contributed by atoms with van der Waals surface area (Å²) in [5.41, 5.74) is 2.39. The van der Waals surface area contributed by atoms with E-state index in [1.54, 1.807) is 38.2 Å². The van der Waals surface area contributed by atoms with Crippen molar-refractivity contribution in [2.24, 2.45) is 0 Å². The minimum absolute atomic E-state index is 0.0614. The molecule has 0 saturated heterocycles. The van der Waals surface area contributed by atoms with Crippen LogP contribution in [-0.2, 0) is 16.6 Å². The molecule has 2 aromatic carbocycles. The third-order valence-corrected chi connectivity index (χ3v) is 6.15. The maximum atomic E-state index is 12.7. The van der Waals surface area contributed by atoms with Gasteiger partial charge in [-0.3, -0.25) is 9.52 Å². The Bertz CT molecular complexity index is 1130. The van der Waals surface area contributed by atoms with Crippen LogP contribution in [0.1, 0.15) is 34.3 Å². The van der Waals surface area contributed by atoms with Crippen molar-refractivity contribution in [3.05, 3.63) is 71.1 Å². The van der Waals surface area contributed by atoms with Gasteiger partial charge in [0.2, 0.25) is 0 Å². The third kappa shape index (κ3) is 5.24. The van der Waals surface area contributed by atoms with Gasteiger partial charge in [-0.25, -0.2) is 8.42 Å². The van der Waals surface area contributed by atoms with E-state index in [2.05, 4.69) is 9.88 Å². The van der Waals surface area contributed by atoms with Gasteiger partial charge in [0.15, 0.2) is 0 Å². The summed E-state index contributed by atoms with van der Waals surface area (Å²) in [5.74, 6) is 1.09. The molecular formula is C22H25N3O5S. The predicted molar refractivity (Wildman–Crippen MR) is 117 cm³/mol. The zero-order valence-electron chi connectivity index (χ0n) is 17.9. The lowest BCUT2D eigenvalue weighted by atomic mass is 10.1. The summed E-state index contributed by atoms with van der Waals surface area (Å²) in [7, 11) is -2.12. The van der Waals surface area contributed by atoms with Gasteiger partial charge >= 0.3 is 0 Å². The molecule has 0 aliphatic rings. The maximum absolute atomic E-state index is 12.7. The number of rotatable bonds is 8. The van der Waals surface area contributed by atoms with Crippen molar-refractivity contribution in [2.75, 3.05) is 18.4 Å². The van der Waals surface area contributed by atoms with Crippen LogP contribution in [0, 0.1) is 13.8 Å². The maximum Gasteiger partial charge on any atom is 0.261 e.